The summed E-state index contributed by atoms with van der Waals surface area (Å²) in [6.45, 7) is 6.41. The van der Waals surface area contributed by atoms with Gasteiger partial charge in [-0.25, -0.2) is 4.99 Å². The van der Waals surface area contributed by atoms with Gasteiger partial charge in [0.05, 0.1) is 18.5 Å². The molecule has 0 spiro atoms. The van der Waals surface area contributed by atoms with Crippen LogP contribution in [0.3, 0.4) is 0 Å². The predicted molar refractivity (Wildman–Crippen MR) is 120 cm³/mol. The Bertz CT molecular complexity index is 1150. The molecule has 1 heterocycles. The third kappa shape index (κ3) is 3.41. The van der Waals surface area contributed by atoms with Crippen molar-refractivity contribution in [2.45, 2.75) is 6.92 Å². The predicted octanol–water partition coefficient (Wildman–Crippen LogP) is 5.94. The Balaban J connectivity index is 1.83. The van der Waals surface area contributed by atoms with Gasteiger partial charge in [0.15, 0.2) is 11.5 Å². The smallest absolute Gasteiger partial charge is 0.165 e. The Labute approximate surface area is 170 Å². The topological polar surface area (TPSA) is 45.1 Å². The van der Waals surface area contributed by atoms with Gasteiger partial charge in [-0.1, -0.05) is 55.1 Å². The summed E-state index contributed by atoms with van der Waals surface area (Å²) >= 11 is 0. The third-order valence-corrected chi connectivity index (χ3v) is 4.97. The highest BCUT2D eigenvalue weighted by atomic mass is 16.5. The summed E-state index contributed by atoms with van der Waals surface area (Å²) in [6, 6.07) is 21.5. The summed E-state index contributed by atoms with van der Waals surface area (Å²) < 4.78 is 5.21. The van der Waals surface area contributed by atoms with Gasteiger partial charge in [-0.3, -0.25) is 4.90 Å². The van der Waals surface area contributed by atoms with Crippen molar-refractivity contribution in [3.63, 3.8) is 0 Å². The van der Waals surface area contributed by atoms with Crippen LogP contribution in [-0.2, 0) is 0 Å². The average molecular weight is 382 g/mol. The lowest BCUT2D eigenvalue weighted by Crippen LogP contribution is -2.30. The molecule has 0 radical (unpaired) electrons. The molecule has 0 aromatic heterocycles. The number of nitrogens with zero attached hydrogens (tertiary/aromatic N) is 2. The zero-order valence-corrected chi connectivity index (χ0v) is 16.5. The zero-order valence-electron chi connectivity index (χ0n) is 16.5. The molecule has 144 valence electrons. The number of aromatic hydroxyl groups is 1. The minimum atomic E-state index is 0.101. The molecule has 1 N–H and O–H groups in total. The quantitative estimate of drug-likeness (QED) is 0.607. The number of hydrogen-bond acceptors (Lipinski definition) is 4. The Morgan fingerprint density at radius 1 is 0.966 bits per heavy atom. The van der Waals surface area contributed by atoms with Crippen molar-refractivity contribution in [1.29, 1.82) is 0 Å². The summed E-state index contributed by atoms with van der Waals surface area (Å²) in [4.78, 5) is 6.91. The first-order valence-corrected chi connectivity index (χ1v) is 9.37. The lowest BCUT2D eigenvalue weighted by molar-refractivity contribution is 0.373. The third-order valence-electron chi connectivity index (χ3n) is 4.97. The second-order valence-corrected chi connectivity index (χ2v) is 6.79. The highest BCUT2D eigenvalue weighted by molar-refractivity contribution is 6.19. The summed E-state index contributed by atoms with van der Waals surface area (Å²) in [7, 11) is 1.54. The van der Waals surface area contributed by atoms with Crippen LogP contribution in [0.25, 0.3) is 11.8 Å². The average Bonchev–Trinajstić information content (AvgIpc) is 2.74. The van der Waals surface area contributed by atoms with Crippen LogP contribution in [0.4, 0.5) is 11.4 Å². The number of benzene rings is 3. The second-order valence-electron chi connectivity index (χ2n) is 6.79. The van der Waals surface area contributed by atoms with E-state index >= 15 is 0 Å². The molecule has 0 atom stereocenters. The molecule has 1 aliphatic rings. The number of anilines is 1. The Kier molecular flexibility index (Phi) is 4.92. The Morgan fingerprint density at radius 2 is 1.72 bits per heavy atom. The number of aryl methyl sites for hydroxylation is 1. The molecule has 1 aliphatic heterocycles. The highest BCUT2D eigenvalue weighted by Crippen LogP contribution is 2.38. The van der Waals surface area contributed by atoms with E-state index in [4.69, 9.17) is 9.73 Å². The first-order valence-electron chi connectivity index (χ1n) is 9.37. The van der Waals surface area contributed by atoms with E-state index in [1.807, 2.05) is 65.6 Å². The zero-order chi connectivity index (χ0) is 20.4. The fourth-order valence-corrected chi connectivity index (χ4v) is 3.45. The van der Waals surface area contributed by atoms with E-state index in [1.165, 1.54) is 7.11 Å². The van der Waals surface area contributed by atoms with Crippen LogP contribution >= 0.6 is 0 Å². The summed E-state index contributed by atoms with van der Waals surface area (Å²) in [6.07, 6.45) is 3.73. The van der Waals surface area contributed by atoms with Crippen LogP contribution in [0.2, 0.25) is 0 Å². The maximum atomic E-state index is 10.4. The standard InChI is InChI=1S/C25H22N2O2/c1-17-9-4-7-13-22(17)27-18(2)20-11-5-6-12-21(20)26-24(27)16-15-19-10-8-14-23(29-3)25(19)28/h4-16,28H,2H2,1,3H3/b16-15+. The van der Waals surface area contributed by atoms with Crippen molar-refractivity contribution < 1.29 is 9.84 Å². The van der Waals surface area contributed by atoms with Crippen molar-refractivity contribution in [2.24, 2.45) is 4.99 Å². The van der Waals surface area contributed by atoms with Gasteiger partial charge < -0.3 is 9.84 Å². The number of hydrogen-bond donors (Lipinski definition) is 1. The van der Waals surface area contributed by atoms with E-state index in [-0.39, 0.29) is 5.75 Å². The molecule has 0 amide bonds. The van der Waals surface area contributed by atoms with Crippen molar-refractivity contribution in [3.8, 4) is 11.5 Å². The van der Waals surface area contributed by atoms with Gasteiger partial charge in [-0.2, -0.15) is 0 Å². The Hall–Kier alpha value is -3.79. The number of aliphatic imine (C=N–C) groups is 1. The molecule has 0 fully saturated rings. The fraction of sp³-hybridized carbons (Fsp3) is 0.0800. The normalized spacial score (nSPS) is 13.4. The van der Waals surface area contributed by atoms with Gasteiger partial charge >= 0.3 is 0 Å². The van der Waals surface area contributed by atoms with E-state index in [9.17, 15) is 5.11 Å². The highest BCUT2D eigenvalue weighted by Gasteiger charge is 2.24. The minimum absolute atomic E-state index is 0.101. The number of rotatable bonds is 4. The Morgan fingerprint density at radius 3 is 2.52 bits per heavy atom. The molecule has 3 aromatic carbocycles. The number of amidine groups is 1. The summed E-state index contributed by atoms with van der Waals surface area (Å²) in [5, 5.41) is 10.4. The van der Waals surface area contributed by atoms with Crippen molar-refractivity contribution in [1.82, 2.24) is 0 Å². The molecule has 4 nitrogen and oxygen atoms in total. The molecule has 0 aliphatic carbocycles. The van der Waals surface area contributed by atoms with E-state index in [1.54, 1.807) is 6.07 Å². The van der Waals surface area contributed by atoms with Crippen molar-refractivity contribution in [2.75, 3.05) is 12.0 Å². The molecule has 3 aromatic rings. The largest absolute Gasteiger partial charge is 0.504 e. The molecule has 0 saturated heterocycles. The maximum Gasteiger partial charge on any atom is 0.165 e. The lowest BCUT2D eigenvalue weighted by atomic mass is 10.0. The van der Waals surface area contributed by atoms with E-state index < -0.39 is 0 Å². The molecular weight excluding hydrogens is 360 g/mol. The SMILES string of the molecule is C=C1c2ccccc2N=C(/C=C/c2cccc(OC)c2O)N1c1ccccc1C. The number of methoxy groups -OCH3 is 1. The number of para-hydroxylation sites is 3. The second kappa shape index (κ2) is 7.68. The summed E-state index contributed by atoms with van der Waals surface area (Å²) in [5.41, 5.74) is 5.53. The molecule has 4 heteroatoms. The van der Waals surface area contributed by atoms with Crippen LogP contribution in [0.1, 0.15) is 16.7 Å². The lowest BCUT2D eigenvalue weighted by Gasteiger charge is -2.32. The first-order chi connectivity index (χ1) is 14.1. The van der Waals surface area contributed by atoms with E-state index in [0.29, 0.717) is 11.3 Å². The van der Waals surface area contributed by atoms with Gasteiger partial charge in [0.2, 0.25) is 0 Å². The molecular formula is C25H22N2O2. The van der Waals surface area contributed by atoms with Crippen LogP contribution < -0.4 is 9.64 Å². The molecule has 0 bridgehead atoms. The van der Waals surface area contributed by atoms with Crippen molar-refractivity contribution >= 4 is 29.0 Å². The molecule has 29 heavy (non-hydrogen) atoms. The number of fused-ring (bicyclic) bond motifs is 1. The van der Waals surface area contributed by atoms with Crippen LogP contribution in [0.5, 0.6) is 11.5 Å². The van der Waals surface area contributed by atoms with Gasteiger partial charge in [0.25, 0.3) is 0 Å². The van der Waals surface area contributed by atoms with Gasteiger partial charge in [0.1, 0.15) is 5.84 Å². The van der Waals surface area contributed by atoms with E-state index in [2.05, 4.69) is 25.6 Å². The number of phenolic OH excluding ortho intramolecular Hbond substituents is 1. The van der Waals surface area contributed by atoms with Crippen LogP contribution in [0, 0.1) is 6.92 Å². The maximum absolute atomic E-state index is 10.4. The number of ether oxygens (including phenoxy) is 1. The van der Waals surface area contributed by atoms with Crippen molar-refractivity contribution in [3.05, 3.63) is 96.1 Å². The number of phenols is 1. The van der Waals surface area contributed by atoms with Crippen LogP contribution in [0.15, 0.2) is 84.4 Å². The van der Waals surface area contributed by atoms with Gasteiger partial charge in [-0.15, -0.1) is 0 Å². The summed E-state index contributed by atoms with van der Waals surface area (Å²) in [5.74, 6) is 1.26. The van der Waals surface area contributed by atoms with Crippen LogP contribution in [-0.4, -0.2) is 18.1 Å². The molecule has 0 unspecified atom stereocenters. The van der Waals surface area contributed by atoms with Gasteiger partial charge in [0, 0.05) is 16.8 Å². The fourth-order valence-electron chi connectivity index (χ4n) is 3.45. The molecule has 0 saturated carbocycles. The monoisotopic (exact) mass is 382 g/mol. The van der Waals surface area contributed by atoms with E-state index in [0.717, 1.165) is 34.0 Å². The van der Waals surface area contributed by atoms with Gasteiger partial charge in [-0.05, 0) is 42.8 Å². The molecule has 4 rings (SSSR count). The minimum Gasteiger partial charge on any atom is -0.504 e. The first kappa shape index (κ1) is 18.6.